The van der Waals surface area contributed by atoms with Crippen molar-refractivity contribution in [2.45, 2.75) is 13.8 Å². The normalized spacial score (nSPS) is 9.64. The first-order valence-corrected chi connectivity index (χ1v) is 4.50. The molecule has 1 aromatic rings. The zero-order valence-electron chi connectivity index (χ0n) is 8.74. The third-order valence-corrected chi connectivity index (χ3v) is 1.80. The Labute approximate surface area is 83.3 Å². The maximum Gasteiger partial charge on any atom is 0.293 e. The fraction of sp³-hybridized carbons (Fsp3) is 0.400. The minimum absolute atomic E-state index is 0.102. The predicted molar refractivity (Wildman–Crippen MR) is 57.4 cm³/mol. The number of allylic oxidation sites excluding steroid dienone is 1. The second-order valence-electron chi connectivity index (χ2n) is 3.35. The van der Waals surface area contributed by atoms with Crippen LogP contribution in [0.25, 0.3) is 0 Å². The molecule has 1 rings (SSSR count). The van der Waals surface area contributed by atoms with Gasteiger partial charge in [-0.1, -0.05) is 11.6 Å². The first-order valence-electron chi connectivity index (χ1n) is 4.50. The Bertz CT molecular complexity index is 389. The van der Waals surface area contributed by atoms with E-state index in [1.807, 2.05) is 19.9 Å². The quantitative estimate of drug-likeness (QED) is 0.733. The highest BCUT2D eigenvalue weighted by atomic mass is 16.1. The molecule has 4 nitrogen and oxygen atoms in total. The Morgan fingerprint density at radius 3 is 3.00 bits per heavy atom. The average Bonchev–Trinajstić information content (AvgIpc) is 2.12. The summed E-state index contributed by atoms with van der Waals surface area (Å²) in [4.78, 5) is 15.4. The Balaban J connectivity index is 2.73. The third-order valence-electron chi connectivity index (χ3n) is 1.80. The molecule has 0 saturated heterocycles. The van der Waals surface area contributed by atoms with Crippen molar-refractivity contribution in [3.05, 3.63) is 34.4 Å². The Morgan fingerprint density at radius 2 is 2.36 bits per heavy atom. The summed E-state index contributed by atoms with van der Waals surface area (Å²) < 4.78 is 1.50. The van der Waals surface area contributed by atoms with Crippen molar-refractivity contribution >= 4 is 5.82 Å². The second-order valence-corrected chi connectivity index (χ2v) is 3.35. The molecule has 1 heterocycles. The Morgan fingerprint density at radius 1 is 1.64 bits per heavy atom. The van der Waals surface area contributed by atoms with Crippen LogP contribution >= 0.6 is 0 Å². The van der Waals surface area contributed by atoms with Crippen molar-refractivity contribution in [1.29, 1.82) is 0 Å². The van der Waals surface area contributed by atoms with Gasteiger partial charge in [0.2, 0.25) is 0 Å². The van der Waals surface area contributed by atoms with Crippen molar-refractivity contribution in [3.8, 4) is 0 Å². The zero-order valence-corrected chi connectivity index (χ0v) is 8.74. The summed E-state index contributed by atoms with van der Waals surface area (Å²) in [5.74, 6) is 0.396. The summed E-state index contributed by atoms with van der Waals surface area (Å²) in [6.07, 6.45) is 5.24. The standard InChI is InChI=1S/C10H15N3O/c1-8(2)4-5-11-9-10(14)13(3)7-6-12-9/h4,6-7H,5H2,1-3H3,(H,11,12). The van der Waals surface area contributed by atoms with Crippen LogP contribution in [0.2, 0.25) is 0 Å². The van der Waals surface area contributed by atoms with Gasteiger partial charge in [0.1, 0.15) is 0 Å². The van der Waals surface area contributed by atoms with E-state index in [1.54, 1.807) is 19.4 Å². The van der Waals surface area contributed by atoms with E-state index in [2.05, 4.69) is 10.3 Å². The molecule has 1 N–H and O–H groups in total. The fourth-order valence-electron chi connectivity index (χ4n) is 0.971. The SMILES string of the molecule is CC(C)=CCNc1nccn(C)c1=O. The molecule has 4 heteroatoms. The van der Waals surface area contributed by atoms with Crippen molar-refractivity contribution in [1.82, 2.24) is 9.55 Å². The van der Waals surface area contributed by atoms with Gasteiger partial charge in [-0.05, 0) is 13.8 Å². The molecule has 1 aromatic heterocycles. The van der Waals surface area contributed by atoms with E-state index in [0.29, 0.717) is 12.4 Å². The smallest absolute Gasteiger partial charge is 0.293 e. The number of anilines is 1. The largest absolute Gasteiger partial charge is 0.362 e. The van der Waals surface area contributed by atoms with Crippen LogP contribution in [0.1, 0.15) is 13.8 Å². The highest BCUT2D eigenvalue weighted by Crippen LogP contribution is 1.93. The number of aryl methyl sites for hydroxylation is 1. The van der Waals surface area contributed by atoms with Crippen molar-refractivity contribution < 1.29 is 0 Å². The van der Waals surface area contributed by atoms with Crippen molar-refractivity contribution in [2.24, 2.45) is 7.05 Å². The lowest BCUT2D eigenvalue weighted by molar-refractivity contribution is 0.842. The Hall–Kier alpha value is -1.58. The van der Waals surface area contributed by atoms with Gasteiger partial charge >= 0.3 is 0 Å². The van der Waals surface area contributed by atoms with Crippen LogP contribution in [0, 0.1) is 0 Å². The van der Waals surface area contributed by atoms with Gasteiger partial charge in [0, 0.05) is 26.0 Å². The molecule has 0 aliphatic heterocycles. The molecule has 0 bridgehead atoms. The van der Waals surface area contributed by atoms with Crippen LogP contribution in [-0.4, -0.2) is 16.1 Å². The van der Waals surface area contributed by atoms with Gasteiger partial charge in [-0.3, -0.25) is 4.79 Å². The van der Waals surface area contributed by atoms with E-state index in [1.165, 1.54) is 10.1 Å². The van der Waals surface area contributed by atoms with Gasteiger partial charge < -0.3 is 9.88 Å². The average molecular weight is 193 g/mol. The topological polar surface area (TPSA) is 46.9 Å². The van der Waals surface area contributed by atoms with Crippen molar-refractivity contribution in [2.75, 3.05) is 11.9 Å². The van der Waals surface area contributed by atoms with Crippen LogP contribution in [-0.2, 0) is 7.05 Å². The van der Waals surface area contributed by atoms with Gasteiger partial charge in [-0.25, -0.2) is 4.98 Å². The molecule has 14 heavy (non-hydrogen) atoms. The first kappa shape index (κ1) is 10.5. The van der Waals surface area contributed by atoms with E-state index in [9.17, 15) is 4.79 Å². The lowest BCUT2D eigenvalue weighted by Crippen LogP contribution is -2.21. The summed E-state index contributed by atoms with van der Waals surface area (Å²) in [5.41, 5.74) is 1.11. The fourth-order valence-corrected chi connectivity index (χ4v) is 0.971. The van der Waals surface area contributed by atoms with Crippen LogP contribution in [0.3, 0.4) is 0 Å². The minimum Gasteiger partial charge on any atom is -0.362 e. The molecule has 0 atom stereocenters. The maximum atomic E-state index is 11.5. The van der Waals surface area contributed by atoms with Gasteiger partial charge in [-0.15, -0.1) is 0 Å². The summed E-state index contributed by atoms with van der Waals surface area (Å²) >= 11 is 0. The molecule has 0 amide bonds. The van der Waals surface area contributed by atoms with Crippen LogP contribution in [0.4, 0.5) is 5.82 Å². The number of nitrogens with zero attached hydrogens (tertiary/aromatic N) is 2. The molecule has 0 aromatic carbocycles. The third kappa shape index (κ3) is 2.73. The van der Waals surface area contributed by atoms with E-state index < -0.39 is 0 Å². The lowest BCUT2D eigenvalue weighted by atomic mass is 10.3. The predicted octanol–water partition coefficient (Wildman–Crippen LogP) is 1.16. The van der Waals surface area contributed by atoms with E-state index in [4.69, 9.17) is 0 Å². The summed E-state index contributed by atoms with van der Waals surface area (Å²) in [6.45, 7) is 4.66. The zero-order chi connectivity index (χ0) is 10.6. The molecule has 76 valence electrons. The minimum atomic E-state index is -0.102. The monoisotopic (exact) mass is 193 g/mol. The Kier molecular flexibility index (Phi) is 3.45. The van der Waals surface area contributed by atoms with E-state index >= 15 is 0 Å². The number of hydrogen-bond acceptors (Lipinski definition) is 3. The van der Waals surface area contributed by atoms with Gasteiger partial charge in [0.25, 0.3) is 5.56 Å². The number of aromatic nitrogens is 2. The van der Waals surface area contributed by atoms with Gasteiger partial charge in [0.15, 0.2) is 5.82 Å². The second kappa shape index (κ2) is 4.60. The highest BCUT2D eigenvalue weighted by molar-refractivity contribution is 5.31. The summed E-state index contributed by atoms with van der Waals surface area (Å²) in [5, 5.41) is 2.96. The number of rotatable bonds is 3. The van der Waals surface area contributed by atoms with Crippen LogP contribution in [0.15, 0.2) is 28.8 Å². The molecule has 0 aliphatic rings. The van der Waals surface area contributed by atoms with Gasteiger partial charge in [-0.2, -0.15) is 0 Å². The summed E-state index contributed by atoms with van der Waals surface area (Å²) in [7, 11) is 1.70. The van der Waals surface area contributed by atoms with Crippen LogP contribution < -0.4 is 10.9 Å². The molecule has 0 radical (unpaired) electrons. The number of hydrogen-bond donors (Lipinski definition) is 1. The maximum absolute atomic E-state index is 11.5. The molecule has 0 saturated carbocycles. The van der Waals surface area contributed by atoms with Crippen molar-refractivity contribution in [3.63, 3.8) is 0 Å². The molecule has 0 fully saturated rings. The molecule has 0 unspecified atom stereocenters. The molecular weight excluding hydrogens is 178 g/mol. The van der Waals surface area contributed by atoms with Crippen LogP contribution in [0.5, 0.6) is 0 Å². The highest BCUT2D eigenvalue weighted by Gasteiger charge is 1.98. The van der Waals surface area contributed by atoms with E-state index in [0.717, 1.165) is 0 Å². The number of nitrogens with one attached hydrogen (secondary N) is 1. The first-order chi connectivity index (χ1) is 6.61. The van der Waals surface area contributed by atoms with E-state index in [-0.39, 0.29) is 5.56 Å². The summed E-state index contributed by atoms with van der Waals surface area (Å²) in [6, 6.07) is 0. The molecule has 0 spiro atoms. The molecule has 0 aliphatic carbocycles. The van der Waals surface area contributed by atoms with Gasteiger partial charge in [0.05, 0.1) is 0 Å². The lowest BCUT2D eigenvalue weighted by Gasteiger charge is -2.03. The molecular formula is C10H15N3O.